The van der Waals surface area contributed by atoms with Gasteiger partial charge in [-0.25, -0.2) is 9.59 Å². The molecule has 2 aliphatic carbocycles. The predicted molar refractivity (Wildman–Crippen MR) is 171 cm³/mol. The average Bonchev–Trinajstić information content (AvgIpc) is 3.81. The Morgan fingerprint density at radius 1 is 1.20 bits per heavy atom. The van der Waals surface area contributed by atoms with Crippen molar-refractivity contribution in [1.82, 2.24) is 25.0 Å². The average molecular weight is 621 g/mol. The van der Waals surface area contributed by atoms with Crippen molar-refractivity contribution >= 4 is 35.4 Å². The topological polar surface area (TPSA) is 113 Å². The first kappa shape index (κ1) is 31.4. The number of fused-ring (bicyclic) bond motifs is 2. The summed E-state index contributed by atoms with van der Waals surface area (Å²) >= 11 is 6.65. The Hall–Kier alpha value is -4.02. The molecule has 3 aliphatic rings. The molecule has 1 saturated heterocycles. The van der Waals surface area contributed by atoms with Crippen molar-refractivity contribution in [2.45, 2.75) is 57.4 Å². The Morgan fingerprint density at radius 2 is 1.93 bits per heavy atom. The maximum absolute atomic E-state index is 13.1. The highest BCUT2D eigenvalue weighted by Crippen LogP contribution is 2.42. The molecule has 0 radical (unpaired) electrons. The number of benzene rings is 1. The number of nitrogens with two attached hydrogens (primary N) is 1. The summed E-state index contributed by atoms with van der Waals surface area (Å²) in [5.41, 5.74) is 10.6. The highest BCUT2D eigenvalue weighted by molar-refractivity contribution is 6.30. The lowest BCUT2D eigenvalue weighted by Crippen LogP contribution is -2.51. The number of carbonyl (C=O) groups is 2. The summed E-state index contributed by atoms with van der Waals surface area (Å²) in [5.74, 6) is 0. The SMILES string of the molecule is C=CN(C)/C(=C\N)[C@H](NC(=O)OC1CC1)C1=Cc2cccnc2[C@@H](N2CCN(C(=O)OC(C)(C)C)CC2)c2ccc(Cl)cc21. The molecule has 2 atom stereocenters. The van der Waals surface area contributed by atoms with Crippen LogP contribution in [-0.2, 0) is 9.47 Å². The van der Waals surface area contributed by atoms with E-state index in [1.807, 2.05) is 64.2 Å². The Morgan fingerprint density at radius 3 is 2.57 bits per heavy atom. The van der Waals surface area contributed by atoms with Crippen molar-refractivity contribution in [2.75, 3.05) is 33.2 Å². The molecule has 44 heavy (non-hydrogen) atoms. The van der Waals surface area contributed by atoms with Gasteiger partial charge in [-0.1, -0.05) is 30.3 Å². The first-order valence-corrected chi connectivity index (χ1v) is 15.3. The number of hydrogen-bond acceptors (Lipinski definition) is 8. The molecule has 1 aromatic heterocycles. The van der Waals surface area contributed by atoms with Crippen LogP contribution in [0.1, 0.15) is 62.0 Å². The number of aromatic nitrogens is 1. The Kier molecular flexibility index (Phi) is 9.22. The highest BCUT2D eigenvalue weighted by Gasteiger charge is 2.37. The second-order valence-electron chi connectivity index (χ2n) is 12.3. The molecule has 1 aliphatic heterocycles. The standard InChI is InChI=1S/C33H41ClN6O4/c1-6-38(5)27(20-35)29(37-31(41)43-23-10-11-23)26-18-21-8-7-13-36-28(21)30(24-12-9-22(34)19-25(24)26)39-14-16-40(17-15-39)32(42)44-33(2,3)4/h6-9,12-13,18-20,23,29-30H,1,10-11,14-17,35H2,2-5H3,(H,37,41)/b27-20-/t29-,30+/m1/s1. The summed E-state index contributed by atoms with van der Waals surface area (Å²) in [4.78, 5) is 36.7. The largest absolute Gasteiger partial charge is 0.446 e. The molecule has 11 heteroatoms. The zero-order chi connectivity index (χ0) is 31.6. The molecular formula is C33H41ClN6O4. The Labute approximate surface area is 264 Å². The van der Waals surface area contributed by atoms with Crippen molar-refractivity contribution in [1.29, 1.82) is 0 Å². The molecule has 3 N–H and O–H groups in total. The second-order valence-corrected chi connectivity index (χ2v) is 12.7. The van der Waals surface area contributed by atoms with Gasteiger partial charge in [-0.2, -0.15) is 0 Å². The quantitative estimate of drug-likeness (QED) is 0.425. The van der Waals surface area contributed by atoms with Crippen molar-refractivity contribution in [3.05, 3.63) is 88.6 Å². The number of alkyl carbamates (subject to hydrolysis) is 1. The smallest absolute Gasteiger partial charge is 0.410 e. The van der Waals surface area contributed by atoms with Gasteiger partial charge in [-0.15, -0.1) is 0 Å². The summed E-state index contributed by atoms with van der Waals surface area (Å²) in [7, 11) is 1.82. The molecule has 10 nitrogen and oxygen atoms in total. The van der Waals surface area contributed by atoms with Gasteiger partial charge < -0.3 is 30.3 Å². The summed E-state index contributed by atoms with van der Waals surface area (Å²) < 4.78 is 11.2. The molecule has 1 aromatic carbocycles. The van der Waals surface area contributed by atoms with Crippen LogP contribution in [0.5, 0.6) is 0 Å². The van der Waals surface area contributed by atoms with Crippen LogP contribution in [0.25, 0.3) is 11.6 Å². The molecule has 0 bridgehead atoms. The molecule has 5 rings (SSSR count). The fraction of sp³-hybridized carbons (Fsp3) is 0.424. The van der Waals surface area contributed by atoms with E-state index in [9.17, 15) is 9.59 Å². The molecule has 2 heterocycles. The number of nitrogens with one attached hydrogen (secondary N) is 1. The highest BCUT2D eigenvalue weighted by atomic mass is 35.5. The van der Waals surface area contributed by atoms with E-state index in [1.165, 1.54) is 6.20 Å². The van der Waals surface area contributed by atoms with E-state index in [0.717, 1.165) is 40.8 Å². The summed E-state index contributed by atoms with van der Waals surface area (Å²) in [5, 5.41) is 3.62. The number of rotatable bonds is 7. The minimum absolute atomic E-state index is 0.0726. The number of nitrogens with zero attached hydrogens (tertiary/aromatic N) is 4. The molecular weight excluding hydrogens is 580 g/mol. The third kappa shape index (κ3) is 7.03. The van der Waals surface area contributed by atoms with Crippen molar-refractivity contribution in [3.63, 3.8) is 0 Å². The van der Waals surface area contributed by atoms with Crippen LogP contribution < -0.4 is 11.1 Å². The van der Waals surface area contributed by atoms with Crippen LogP contribution in [0.15, 0.2) is 61.2 Å². The van der Waals surface area contributed by atoms with Crippen LogP contribution in [-0.4, -0.2) is 82.8 Å². The molecule has 2 amide bonds. The fourth-order valence-corrected chi connectivity index (χ4v) is 5.78. The van der Waals surface area contributed by atoms with Gasteiger partial charge in [0.2, 0.25) is 0 Å². The summed E-state index contributed by atoms with van der Waals surface area (Å²) in [6, 6.07) is 8.78. The molecule has 0 unspecified atom stereocenters. The van der Waals surface area contributed by atoms with E-state index in [1.54, 1.807) is 22.2 Å². The van der Waals surface area contributed by atoms with Crippen LogP contribution in [0.4, 0.5) is 9.59 Å². The molecule has 2 fully saturated rings. The van der Waals surface area contributed by atoms with Gasteiger partial charge in [0.15, 0.2) is 0 Å². The van der Waals surface area contributed by atoms with E-state index in [2.05, 4.69) is 16.8 Å². The monoisotopic (exact) mass is 620 g/mol. The first-order chi connectivity index (χ1) is 21.0. The van der Waals surface area contributed by atoms with Crippen molar-refractivity contribution < 1.29 is 19.1 Å². The number of hydrogen-bond donors (Lipinski definition) is 2. The number of piperazine rings is 1. The van der Waals surface area contributed by atoms with Crippen LogP contribution in [0.3, 0.4) is 0 Å². The Balaban J connectivity index is 1.57. The third-order valence-electron chi connectivity index (χ3n) is 7.91. The van der Waals surface area contributed by atoms with Crippen LogP contribution in [0, 0.1) is 0 Å². The van der Waals surface area contributed by atoms with E-state index in [0.29, 0.717) is 36.9 Å². The lowest BCUT2D eigenvalue weighted by atomic mass is 9.89. The minimum Gasteiger partial charge on any atom is -0.446 e. The summed E-state index contributed by atoms with van der Waals surface area (Å²) in [6.45, 7) is 11.8. The zero-order valence-electron chi connectivity index (χ0n) is 25.8. The van der Waals surface area contributed by atoms with Gasteiger partial charge in [0, 0.05) is 50.6 Å². The number of pyridine rings is 1. The third-order valence-corrected chi connectivity index (χ3v) is 8.15. The molecule has 2 aromatic rings. The number of likely N-dealkylation sites (N-methyl/N-ethyl adjacent to an activating group) is 1. The van der Waals surface area contributed by atoms with Crippen LogP contribution in [0.2, 0.25) is 5.02 Å². The first-order valence-electron chi connectivity index (χ1n) is 14.9. The van der Waals surface area contributed by atoms with Crippen molar-refractivity contribution in [3.8, 4) is 0 Å². The zero-order valence-corrected chi connectivity index (χ0v) is 26.5. The lowest BCUT2D eigenvalue weighted by molar-refractivity contribution is 0.0118. The van der Waals surface area contributed by atoms with Gasteiger partial charge >= 0.3 is 12.2 Å². The fourth-order valence-electron chi connectivity index (χ4n) is 5.61. The van der Waals surface area contributed by atoms with E-state index >= 15 is 0 Å². The Bertz CT molecular complexity index is 1470. The van der Waals surface area contributed by atoms with Crippen molar-refractivity contribution in [2.24, 2.45) is 5.73 Å². The van der Waals surface area contributed by atoms with E-state index in [4.69, 9.17) is 31.8 Å². The van der Waals surface area contributed by atoms with Gasteiger partial charge in [-0.3, -0.25) is 9.88 Å². The molecule has 234 valence electrons. The summed E-state index contributed by atoms with van der Waals surface area (Å²) in [6.07, 6.45) is 7.73. The normalized spacial score (nSPS) is 19.5. The van der Waals surface area contributed by atoms with E-state index in [-0.39, 0.29) is 18.2 Å². The second kappa shape index (κ2) is 12.9. The van der Waals surface area contributed by atoms with Gasteiger partial charge in [0.05, 0.1) is 23.5 Å². The maximum atomic E-state index is 13.1. The van der Waals surface area contributed by atoms with E-state index < -0.39 is 17.7 Å². The number of amides is 2. The molecule has 0 spiro atoms. The lowest BCUT2D eigenvalue weighted by Gasteiger charge is -2.40. The molecule has 1 saturated carbocycles. The number of carbonyl (C=O) groups excluding carboxylic acids is 2. The van der Waals surface area contributed by atoms with Gasteiger partial charge in [0.25, 0.3) is 0 Å². The maximum Gasteiger partial charge on any atom is 0.410 e. The number of halogens is 1. The predicted octanol–water partition coefficient (Wildman–Crippen LogP) is 5.36. The van der Waals surface area contributed by atoms with Gasteiger partial charge in [0.1, 0.15) is 11.7 Å². The van der Waals surface area contributed by atoms with Crippen LogP contribution >= 0.6 is 11.6 Å². The number of ether oxygens (including phenoxy) is 2. The van der Waals surface area contributed by atoms with Gasteiger partial charge in [-0.05, 0) is 86.4 Å². The minimum atomic E-state index is -0.692.